The average molecular weight is 210 g/mol. The molecule has 0 aliphatic heterocycles. The summed E-state index contributed by atoms with van der Waals surface area (Å²) in [5.74, 6) is 1.20. The summed E-state index contributed by atoms with van der Waals surface area (Å²) in [5, 5.41) is 13.7. The first-order chi connectivity index (χ1) is 7.16. The van der Waals surface area contributed by atoms with Gasteiger partial charge in [0.2, 0.25) is 0 Å². The van der Waals surface area contributed by atoms with E-state index in [0.29, 0.717) is 18.3 Å². The molecule has 0 aromatic carbocycles. The zero-order valence-electron chi connectivity index (χ0n) is 8.60. The maximum Gasteiger partial charge on any atom is 0.433 e. The lowest BCUT2D eigenvalue weighted by molar-refractivity contribution is -0.402. The number of hydrogen-bond donors (Lipinski definition) is 1. The smallest absolute Gasteiger partial charge is 0.404 e. The molecule has 0 radical (unpaired) electrons. The molecule has 1 heterocycles. The highest BCUT2D eigenvalue weighted by atomic mass is 16.6. The van der Waals surface area contributed by atoms with E-state index >= 15 is 0 Å². The topological polar surface area (TPSA) is 68.3 Å². The molecule has 1 N–H and O–H groups in total. The van der Waals surface area contributed by atoms with E-state index in [-0.39, 0.29) is 5.88 Å². The Morgan fingerprint density at radius 2 is 2.40 bits per heavy atom. The molecule has 5 nitrogen and oxygen atoms in total. The second kappa shape index (κ2) is 4.02. The summed E-state index contributed by atoms with van der Waals surface area (Å²) in [5.41, 5.74) is 0. The maximum atomic E-state index is 10.4. The number of furan rings is 1. The van der Waals surface area contributed by atoms with Crippen LogP contribution in [0.25, 0.3) is 0 Å². The van der Waals surface area contributed by atoms with E-state index in [1.165, 1.54) is 18.9 Å². The number of nitrogens with zero attached hydrogens (tertiary/aromatic N) is 1. The van der Waals surface area contributed by atoms with Crippen molar-refractivity contribution in [2.45, 2.75) is 32.4 Å². The van der Waals surface area contributed by atoms with Crippen LogP contribution in [0.3, 0.4) is 0 Å². The van der Waals surface area contributed by atoms with Gasteiger partial charge < -0.3 is 9.73 Å². The molecule has 82 valence electrons. The van der Waals surface area contributed by atoms with Crippen LogP contribution in [0.1, 0.15) is 25.5 Å². The molecule has 1 aromatic heterocycles. The summed E-state index contributed by atoms with van der Waals surface area (Å²) in [7, 11) is 0. The summed E-state index contributed by atoms with van der Waals surface area (Å²) in [4.78, 5) is 9.84. The Bertz CT molecular complexity index is 357. The molecule has 5 heteroatoms. The van der Waals surface area contributed by atoms with Gasteiger partial charge in [-0.3, -0.25) is 10.1 Å². The zero-order chi connectivity index (χ0) is 10.8. The summed E-state index contributed by atoms with van der Waals surface area (Å²) in [6.45, 7) is 2.69. The van der Waals surface area contributed by atoms with Crippen LogP contribution in [0.5, 0.6) is 0 Å². The van der Waals surface area contributed by atoms with E-state index in [0.717, 1.165) is 5.92 Å². The summed E-state index contributed by atoms with van der Waals surface area (Å²) in [6.07, 6.45) is 2.57. The Labute approximate surface area is 87.6 Å². The van der Waals surface area contributed by atoms with Crippen LogP contribution >= 0.6 is 0 Å². The van der Waals surface area contributed by atoms with Gasteiger partial charge in [0.15, 0.2) is 0 Å². The highest BCUT2D eigenvalue weighted by molar-refractivity contribution is 5.17. The van der Waals surface area contributed by atoms with Crippen molar-refractivity contribution in [2.75, 3.05) is 0 Å². The second-order valence-electron chi connectivity index (χ2n) is 4.00. The van der Waals surface area contributed by atoms with Gasteiger partial charge in [0.05, 0.1) is 12.6 Å². The first kappa shape index (κ1) is 10.2. The van der Waals surface area contributed by atoms with E-state index in [1.807, 2.05) is 0 Å². The van der Waals surface area contributed by atoms with Crippen LogP contribution in [0.2, 0.25) is 0 Å². The lowest BCUT2D eigenvalue weighted by atomic mass is 10.2. The number of rotatable bonds is 5. The van der Waals surface area contributed by atoms with Gasteiger partial charge in [0, 0.05) is 6.04 Å². The van der Waals surface area contributed by atoms with Crippen LogP contribution in [0, 0.1) is 16.0 Å². The van der Waals surface area contributed by atoms with Crippen LogP contribution in [0.4, 0.5) is 5.88 Å². The third-order valence-corrected chi connectivity index (χ3v) is 2.75. The fourth-order valence-corrected chi connectivity index (χ4v) is 1.58. The molecule has 1 aliphatic rings. The summed E-state index contributed by atoms with van der Waals surface area (Å²) >= 11 is 0. The molecule has 1 saturated carbocycles. The van der Waals surface area contributed by atoms with Crippen LogP contribution < -0.4 is 5.32 Å². The summed E-state index contributed by atoms with van der Waals surface area (Å²) < 4.78 is 5.03. The minimum Gasteiger partial charge on any atom is -0.404 e. The average Bonchev–Trinajstić information content (AvgIpc) is 2.93. The molecule has 1 aromatic rings. The third-order valence-electron chi connectivity index (χ3n) is 2.75. The SMILES string of the molecule is CC(NCc1ccc([N+](=O)[O-])o1)C1CC1. The monoisotopic (exact) mass is 210 g/mol. The number of nitrogens with one attached hydrogen (secondary N) is 1. The minimum atomic E-state index is -0.520. The molecule has 1 aliphatic carbocycles. The van der Waals surface area contributed by atoms with Crippen molar-refractivity contribution >= 4 is 5.88 Å². The Kier molecular flexibility index (Phi) is 2.73. The van der Waals surface area contributed by atoms with Gasteiger partial charge in [-0.1, -0.05) is 0 Å². The van der Waals surface area contributed by atoms with Crippen LogP contribution in [-0.2, 0) is 6.54 Å². The van der Waals surface area contributed by atoms with Crippen molar-refractivity contribution in [3.8, 4) is 0 Å². The Balaban J connectivity index is 1.84. The van der Waals surface area contributed by atoms with Gasteiger partial charge in [0.1, 0.15) is 10.7 Å². The predicted octanol–water partition coefficient (Wildman–Crippen LogP) is 2.08. The molecule has 2 rings (SSSR count). The van der Waals surface area contributed by atoms with E-state index < -0.39 is 4.92 Å². The quantitative estimate of drug-likeness (QED) is 0.596. The zero-order valence-corrected chi connectivity index (χ0v) is 8.60. The number of hydrogen-bond acceptors (Lipinski definition) is 4. The molecule has 15 heavy (non-hydrogen) atoms. The Morgan fingerprint density at radius 3 is 2.93 bits per heavy atom. The fraction of sp³-hybridized carbons (Fsp3) is 0.600. The van der Waals surface area contributed by atoms with Gasteiger partial charge in [-0.15, -0.1) is 0 Å². The van der Waals surface area contributed by atoms with E-state index in [4.69, 9.17) is 4.42 Å². The molecular formula is C10H14N2O3. The molecule has 0 saturated heterocycles. The van der Waals surface area contributed by atoms with Crippen molar-refractivity contribution in [2.24, 2.45) is 5.92 Å². The molecule has 0 bridgehead atoms. The molecule has 1 atom stereocenters. The third kappa shape index (κ3) is 2.56. The van der Waals surface area contributed by atoms with Crippen LogP contribution in [-0.4, -0.2) is 11.0 Å². The van der Waals surface area contributed by atoms with Crippen molar-refractivity contribution in [3.63, 3.8) is 0 Å². The Hall–Kier alpha value is -1.36. The lowest BCUT2D eigenvalue weighted by Crippen LogP contribution is -2.26. The molecule has 1 unspecified atom stereocenters. The molecular weight excluding hydrogens is 196 g/mol. The lowest BCUT2D eigenvalue weighted by Gasteiger charge is -2.10. The largest absolute Gasteiger partial charge is 0.433 e. The van der Waals surface area contributed by atoms with Crippen molar-refractivity contribution < 1.29 is 9.34 Å². The first-order valence-electron chi connectivity index (χ1n) is 5.13. The van der Waals surface area contributed by atoms with Gasteiger partial charge in [0.25, 0.3) is 0 Å². The number of nitro groups is 1. The fourth-order valence-electron chi connectivity index (χ4n) is 1.58. The standard InChI is InChI=1S/C10H14N2O3/c1-7(8-2-3-8)11-6-9-4-5-10(15-9)12(13)14/h4-5,7-8,11H,2-3,6H2,1H3. The maximum absolute atomic E-state index is 10.4. The van der Waals surface area contributed by atoms with Crippen molar-refractivity contribution in [1.29, 1.82) is 0 Å². The molecule has 1 fully saturated rings. The second-order valence-corrected chi connectivity index (χ2v) is 4.00. The summed E-state index contributed by atoms with van der Waals surface area (Å²) in [6, 6.07) is 3.50. The predicted molar refractivity (Wildman–Crippen MR) is 54.4 cm³/mol. The highest BCUT2D eigenvalue weighted by Gasteiger charge is 2.27. The normalized spacial score (nSPS) is 17.7. The molecule has 0 spiro atoms. The van der Waals surface area contributed by atoms with E-state index in [9.17, 15) is 10.1 Å². The minimum absolute atomic E-state index is 0.189. The van der Waals surface area contributed by atoms with Gasteiger partial charge in [-0.25, -0.2) is 0 Å². The van der Waals surface area contributed by atoms with Crippen molar-refractivity contribution in [1.82, 2.24) is 5.32 Å². The van der Waals surface area contributed by atoms with Crippen molar-refractivity contribution in [3.05, 3.63) is 28.0 Å². The van der Waals surface area contributed by atoms with E-state index in [1.54, 1.807) is 6.07 Å². The first-order valence-corrected chi connectivity index (χ1v) is 5.13. The molecule has 0 amide bonds. The van der Waals surface area contributed by atoms with Gasteiger partial charge in [-0.05, 0) is 31.7 Å². The Morgan fingerprint density at radius 1 is 1.67 bits per heavy atom. The van der Waals surface area contributed by atoms with Crippen LogP contribution in [0.15, 0.2) is 16.5 Å². The highest BCUT2D eigenvalue weighted by Crippen LogP contribution is 2.32. The van der Waals surface area contributed by atoms with Gasteiger partial charge in [-0.2, -0.15) is 0 Å². The van der Waals surface area contributed by atoms with E-state index in [2.05, 4.69) is 12.2 Å². The van der Waals surface area contributed by atoms with Gasteiger partial charge >= 0.3 is 5.88 Å².